The molecule has 4 heteroatoms. The van der Waals surface area contributed by atoms with Gasteiger partial charge in [-0.2, -0.15) is 0 Å². The summed E-state index contributed by atoms with van der Waals surface area (Å²) in [6, 6.07) is 3.85. The van der Waals surface area contributed by atoms with E-state index in [1.807, 2.05) is 19.1 Å². The number of rotatable bonds is 5. The number of hydrogen-bond acceptors (Lipinski definition) is 3. The Morgan fingerprint density at radius 3 is 2.93 bits per heavy atom. The normalized spacial score (nSPS) is 10.0. The largest absolute Gasteiger partial charge is 0.396 e. The number of nitrogens with one attached hydrogen (secondary N) is 1. The Hall–Kier alpha value is -1.42. The summed E-state index contributed by atoms with van der Waals surface area (Å²) in [5.74, 6) is -0.0374. The van der Waals surface area contributed by atoms with Crippen molar-refractivity contribution in [3.8, 4) is 0 Å². The van der Waals surface area contributed by atoms with Gasteiger partial charge >= 0.3 is 0 Å². The van der Waals surface area contributed by atoms with Crippen molar-refractivity contribution >= 4 is 5.91 Å². The minimum Gasteiger partial charge on any atom is -0.396 e. The minimum atomic E-state index is -0.0374. The van der Waals surface area contributed by atoms with Gasteiger partial charge in [-0.3, -0.25) is 9.78 Å². The number of pyridine rings is 1. The molecule has 1 amide bonds. The molecule has 1 rings (SSSR count). The van der Waals surface area contributed by atoms with Gasteiger partial charge < -0.3 is 10.4 Å². The van der Waals surface area contributed by atoms with Gasteiger partial charge in [0.15, 0.2) is 0 Å². The molecule has 0 spiro atoms. The second-order valence-electron chi connectivity index (χ2n) is 3.41. The number of aliphatic hydroxyl groups excluding tert-OH is 1. The third-order valence-corrected chi connectivity index (χ3v) is 2.02. The first-order valence-corrected chi connectivity index (χ1v) is 5.01. The zero-order chi connectivity index (χ0) is 11.1. The predicted molar refractivity (Wildman–Crippen MR) is 57.1 cm³/mol. The molecule has 82 valence electrons. The van der Waals surface area contributed by atoms with Crippen molar-refractivity contribution in [1.82, 2.24) is 10.3 Å². The van der Waals surface area contributed by atoms with E-state index in [0.29, 0.717) is 19.4 Å². The summed E-state index contributed by atoms with van der Waals surface area (Å²) in [5, 5.41) is 11.3. The summed E-state index contributed by atoms with van der Waals surface area (Å²) in [4.78, 5) is 15.3. The highest BCUT2D eigenvalue weighted by atomic mass is 16.3. The van der Waals surface area contributed by atoms with E-state index in [1.165, 1.54) is 0 Å². The summed E-state index contributed by atoms with van der Waals surface area (Å²) < 4.78 is 0. The van der Waals surface area contributed by atoms with Crippen LogP contribution in [-0.4, -0.2) is 22.6 Å². The van der Waals surface area contributed by atoms with Crippen molar-refractivity contribution < 1.29 is 9.90 Å². The molecular weight excluding hydrogens is 192 g/mol. The Morgan fingerprint density at radius 1 is 1.53 bits per heavy atom. The molecule has 0 saturated carbocycles. The van der Waals surface area contributed by atoms with Gasteiger partial charge in [0.05, 0.1) is 0 Å². The van der Waals surface area contributed by atoms with E-state index in [0.717, 1.165) is 11.3 Å². The van der Waals surface area contributed by atoms with E-state index < -0.39 is 0 Å². The molecular formula is C11H16N2O2. The van der Waals surface area contributed by atoms with Crippen LogP contribution in [0.2, 0.25) is 0 Å². The molecule has 0 saturated heterocycles. The van der Waals surface area contributed by atoms with E-state index in [9.17, 15) is 4.79 Å². The third kappa shape index (κ3) is 4.56. The maximum Gasteiger partial charge on any atom is 0.220 e. The van der Waals surface area contributed by atoms with Crippen LogP contribution in [0.15, 0.2) is 18.3 Å². The zero-order valence-electron chi connectivity index (χ0n) is 8.86. The summed E-state index contributed by atoms with van der Waals surface area (Å²) in [6.45, 7) is 2.47. The second-order valence-corrected chi connectivity index (χ2v) is 3.41. The van der Waals surface area contributed by atoms with Gasteiger partial charge in [-0.05, 0) is 25.0 Å². The Labute approximate surface area is 89.3 Å². The number of carbonyl (C=O) groups is 1. The standard InChI is InChI=1S/C11H16N2O2/c1-9-4-5-10(7-12-9)8-13-11(15)3-2-6-14/h4-5,7,14H,2-3,6,8H2,1H3,(H,13,15). The van der Waals surface area contributed by atoms with Crippen LogP contribution >= 0.6 is 0 Å². The number of nitrogens with zero attached hydrogens (tertiary/aromatic N) is 1. The summed E-state index contributed by atoms with van der Waals surface area (Å²) >= 11 is 0. The molecule has 0 aliphatic carbocycles. The maximum absolute atomic E-state index is 11.2. The lowest BCUT2D eigenvalue weighted by molar-refractivity contribution is -0.121. The second kappa shape index (κ2) is 6.14. The van der Waals surface area contributed by atoms with Gasteiger partial charge in [0.2, 0.25) is 5.91 Å². The SMILES string of the molecule is Cc1ccc(CNC(=O)CCCO)cn1. The summed E-state index contributed by atoms with van der Waals surface area (Å²) in [6.07, 6.45) is 2.63. The first kappa shape index (κ1) is 11.7. The van der Waals surface area contributed by atoms with Crippen molar-refractivity contribution in [3.63, 3.8) is 0 Å². The van der Waals surface area contributed by atoms with Gasteiger partial charge in [-0.25, -0.2) is 0 Å². The van der Waals surface area contributed by atoms with Gasteiger partial charge in [-0.15, -0.1) is 0 Å². The Morgan fingerprint density at radius 2 is 2.33 bits per heavy atom. The first-order chi connectivity index (χ1) is 7.22. The predicted octanol–water partition coefficient (Wildman–Crippen LogP) is 0.779. The van der Waals surface area contributed by atoms with E-state index in [1.54, 1.807) is 6.20 Å². The van der Waals surface area contributed by atoms with Gasteiger partial charge in [-0.1, -0.05) is 6.07 Å². The van der Waals surface area contributed by atoms with E-state index in [4.69, 9.17) is 5.11 Å². The van der Waals surface area contributed by atoms with Crippen LogP contribution in [0.5, 0.6) is 0 Å². The van der Waals surface area contributed by atoms with Crippen LogP contribution in [0.4, 0.5) is 0 Å². The van der Waals surface area contributed by atoms with Crippen molar-refractivity contribution in [1.29, 1.82) is 0 Å². The van der Waals surface area contributed by atoms with Crippen LogP contribution in [-0.2, 0) is 11.3 Å². The summed E-state index contributed by atoms with van der Waals surface area (Å²) in [7, 11) is 0. The smallest absolute Gasteiger partial charge is 0.220 e. The molecule has 15 heavy (non-hydrogen) atoms. The lowest BCUT2D eigenvalue weighted by Crippen LogP contribution is -2.22. The van der Waals surface area contributed by atoms with Crippen LogP contribution in [0.3, 0.4) is 0 Å². The topological polar surface area (TPSA) is 62.2 Å². The average Bonchev–Trinajstić information content (AvgIpc) is 2.25. The summed E-state index contributed by atoms with van der Waals surface area (Å²) in [5.41, 5.74) is 1.95. The fourth-order valence-corrected chi connectivity index (χ4v) is 1.13. The molecule has 0 aromatic carbocycles. The minimum absolute atomic E-state index is 0.0374. The van der Waals surface area contributed by atoms with E-state index in [2.05, 4.69) is 10.3 Å². The number of aryl methyl sites for hydroxylation is 1. The number of hydrogen-bond donors (Lipinski definition) is 2. The van der Waals surface area contributed by atoms with Gasteiger partial charge in [0, 0.05) is 31.5 Å². The molecule has 0 aliphatic heterocycles. The highest BCUT2D eigenvalue weighted by molar-refractivity contribution is 5.75. The Bertz CT molecular complexity index is 309. The van der Waals surface area contributed by atoms with Crippen molar-refractivity contribution in [2.75, 3.05) is 6.61 Å². The van der Waals surface area contributed by atoms with E-state index in [-0.39, 0.29) is 12.5 Å². The number of aliphatic hydroxyl groups is 1. The zero-order valence-corrected chi connectivity index (χ0v) is 8.86. The monoisotopic (exact) mass is 208 g/mol. The lowest BCUT2D eigenvalue weighted by atomic mass is 10.2. The number of amides is 1. The molecule has 2 N–H and O–H groups in total. The Balaban J connectivity index is 2.30. The molecule has 1 aromatic rings. The Kier molecular flexibility index (Phi) is 4.77. The average molecular weight is 208 g/mol. The fourth-order valence-electron chi connectivity index (χ4n) is 1.13. The lowest BCUT2D eigenvalue weighted by Gasteiger charge is -2.04. The molecule has 0 bridgehead atoms. The molecule has 0 fully saturated rings. The molecule has 4 nitrogen and oxygen atoms in total. The molecule has 0 radical (unpaired) electrons. The van der Waals surface area contributed by atoms with Crippen LogP contribution in [0, 0.1) is 6.92 Å². The quantitative estimate of drug-likeness (QED) is 0.751. The molecule has 0 aliphatic rings. The highest BCUT2D eigenvalue weighted by Crippen LogP contribution is 1.98. The van der Waals surface area contributed by atoms with Crippen LogP contribution in [0.1, 0.15) is 24.1 Å². The molecule has 1 aromatic heterocycles. The van der Waals surface area contributed by atoms with Crippen molar-refractivity contribution in [3.05, 3.63) is 29.6 Å². The third-order valence-electron chi connectivity index (χ3n) is 2.02. The van der Waals surface area contributed by atoms with Gasteiger partial charge in [0.25, 0.3) is 0 Å². The van der Waals surface area contributed by atoms with Crippen molar-refractivity contribution in [2.24, 2.45) is 0 Å². The van der Waals surface area contributed by atoms with Gasteiger partial charge in [0.1, 0.15) is 0 Å². The molecule has 0 unspecified atom stereocenters. The molecule has 0 atom stereocenters. The maximum atomic E-state index is 11.2. The molecule has 1 heterocycles. The number of carbonyl (C=O) groups excluding carboxylic acids is 1. The number of aromatic nitrogens is 1. The highest BCUT2D eigenvalue weighted by Gasteiger charge is 2.00. The van der Waals surface area contributed by atoms with Crippen molar-refractivity contribution in [2.45, 2.75) is 26.3 Å². The van der Waals surface area contributed by atoms with E-state index >= 15 is 0 Å². The van der Waals surface area contributed by atoms with Crippen LogP contribution in [0.25, 0.3) is 0 Å². The first-order valence-electron chi connectivity index (χ1n) is 5.01. The fraction of sp³-hybridized carbons (Fsp3) is 0.455. The van der Waals surface area contributed by atoms with Crippen LogP contribution < -0.4 is 5.32 Å².